The van der Waals surface area contributed by atoms with Crippen molar-refractivity contribution in [3.63, 3.8) is 0 Å². The summed E-state index contributed by atoms with van der Waals surface area (Å²) < 4.78 is 52.8. The maximum Gasteiger partial charge on any atom is 0.406 e. The fourth-order valence-electron chi connectivity index (χ4n) is 3.04. The number of piperidine rings is 1. The van der Waals surface area contributed by atoms with Gasteiger partial charge in [-0.2, -0.15) is 13.2 Å². The van der Waals surface area contributed by atoms with E-state index in [1.54, 1.807) is 0 Å². The highest BCUT2D eigenvalue weighted by Crippen LogP contribution is 2.25. The molecular weight excluding hydrogens is 390 g/mol. The Morgan fingerprint density at radius 2 is 1.81 bits per heavy atom. The predicted molar refractivity (Wildman–Crippen MR) is 94.0 cm³/mol. The summed E-state index contributed by atoms with van der Waals surface area (Å²) in [5, 5.41) is 0. The number of rotatable bonds is 4. The van der Waals surface area contributed by atoms with Crippen molar-refractivity contribution in [2.45, 2.75) is 38.0 Å². The molecule has 0 bridgehead atoms. The van der Waals surface area contributed by atoms with Crippen molar-refractivity contribution < 1.29 is 27.2 Å². The number of halogens is 5. The van der Waals surface area contributed by atoms with E-state index in [1.807, 2.05) is 0 Å². The Morgan fingerprint density at radius 3 is 2.30 bits per heavy atom. The number of hydrogen-bond acceptors (Lipinski definition) is 3. The first-order valence-electron chi connectivity index (χ1n) is 8.27. The summed E-state index contributed by atoms with van der Waals surface area (Å²) in [6.07, 6.45) is -4.26. The molecular formula is C17H22ClF4N3O2. The van der Waals surface area contributed by atoms with Crippen molar-refractivity contribution >= 4 is 24.2 Å². The third-order valence-corrected chi connectivity index (χ3v) is 4.32. The molecule has 27 heavy (non-hydrogen) atoms. The Balaban J connectivity index is 0.00000364. The first-order valence-corrected chi connectivity index (χ1v) is 8.27. The van der Waals surface area contributed by atoms with Crippen LogP contribution >= 0.6 is 12.4 Å². The zero-order valence-electron chi connectivity index (χ0n) is 14.7. The highest BCUT2D eigenvalue weighted by atomic mass is 35.5. The van der Waals surface area contributed by atoms with Gasteiger partial charge in [-0.15, -0.1) is 12.4 Å². The van der Waals surface area contributed by atoms with Crippen LogP contribution in [0.3, 0.4) is 0 Å². The standard InChI is InChI=1S/C17H21F4N3O2.ClH/c1-11(22)15(25)23-8-6-12(7-9-23)24(10-17(19,20)21)16(26)13-4-2-3-5-14(13)18;/h2-5,11-12H,6-10,22H2,1H3;1H/t11-;/m1./s1. The minimum absolute atomic E-state index is 0. The minimum Gasteiger partial charge on any atom is -0.341 e. The van der Waals surface area contributed by atoms with Gasteiger partial charge in [-0.3, -0.25) is 9.59 Å². The molecule has 1 aromatic rings. The Hall–Kier alpha value is -1.87. The van der Waals surface area contributed by atoms with Crippen LogP contribution in [0.5, 0.6) is 0 Å². The van der Waals surface area contributed by atoms with Crippen molar-refractivity contribution in [1.29, 1.82) is 0 Å². The molecule has 0 aliphatic carbocycles. The topological polar surface area (TPSA) is 66.6 Å². The van der Waals surface area contributed by atoms with Gasteiger partial charge in [0, 0.05) is 19.1 Å². The van der Waals surface area contributed by atoms with Crippen molar-refractivity contribution in [1.82, 2.24) is 9.80 Å². The molecule has 152 valence electrons. The van der Waals surface area contributed by atoms with Crippen LogP contribution < -0.4 is 5.73 Å². The van der Waals surface area contributed by atoms with Crippen molar-refractivity contribution in [3.05, 3.63) is 35.6 Å². The van der Waals surface area contributed by atoms with Gasteiger partial charge in [0.05, 0.1) is 11.6 Å². The van der Waals surface area contributed by atoms with Crippen LogP contribution in [0.15, 0.2) is 24.3 Å². The molecule has 0 radical (unpaired) electrons. The van der Waals surface area contributed by atoms with Crippen LogP contribution in [0.25, 0.3) is 0 Å². The fraction of sp³-hybridized carbons (Fsp3) is 0.529. The summed E-state index contributed by atoms with van der Waals surface area (Å²) in [5.74, 6) is -2.15. The molecule has 2 N–H and O–H groups in total. The molecule has 10 heteroatoms. The molecule has 0 saturated carbocycles. The number of benzene rings is 1. The van der Waals surface area contributed by atoms with Gasteiger partial charge in [0.2, 0.25) is 5.91 Å². The van der Waals surface area contributed by atoms with Gasteiger partial charge < -0.3 is 15.5 Å². The lowest BCUT2D eigenvalue weighted by Gasteiger charge is -2.39. The molecule has 0 aromatic heterocycles. The van der Waals surface area contributed by atoms with Crippen LogP contribution in [0, 0.1) is 5.82 Å². The van der Waals surface area contributed by atoms with E-state index < -0.39 is 42.1 Å². The molecule has 1 aliphatic rings. The Labute approximate surface area is 160 Å². The molecule has 1 fully saturated rings. The molecule has 1 aromatic carbocycles. The lowest BCUT2D eigenvalue weighted by atomic mass is 10.0. The van der Waals surface area contributed by atoms with Gasteiger partial charge in [-0.1, -0.05) is 12.1 Å². The summed E-state index contributed by atoms with van der Waals surface area (Å²) >= 11 is 0. The molecule has 1 heterocycles. The van der Waals surface area contributed by atoms with Crippen molar-refractivity contribution in [2.24, 2.45) is 5.73 Å². The molecule has 2 amide bonds. The molecule has 2 rings (SSSR count). The van der Waals surface area contributed by atoms with Crippen LogP contribution in [-0.2, 0) is 4.79 Å². The largest absolute Gasteiger partial charge is 0.406 e. The normalized spacial score (nSPS) is 16.4. The SMILES string of the molecule is C[C@@H](N)C(=O)N1CCC(N(CC(F)(F)F)C(=O)c2ccccc2F)CC1.Cl. The fourth-order valence-corrected chi connectivity index (χ4v) is 3.04. The summed E-state index contributed by atoms with van der Waals surface area (Å²) in [4.78, 5) is 26.6. The van der Waals surface area contributed by atoms with E-state index in [0.717, 1.165) is 12.1 Å². The predicted octanol–water partition coefficient (Wildman–Crippen LogP) is 2.59. The maximum absolute atomic E-state index is 13.9. The summed E-state index contributed by atoms with van der Waals surface area (Å²) in [6, 6.07) is 3.52. The molecule has 0 unspecified atom stereocenters. The number of carbonyl (C=O) groups is 2. The molecule has 1 atom stereocenters. The lowest BCUT2D eigenvalue weighted by molar-refractivity contribution is -0.148. The lowest BCUT2D eigenvalue weighted by Crippen LogP contribution is -2.53. The second-order valence-electron chi connectivity index (χ2n) is 6.37. The van der Waals surface area contributed by atoms with Gasteiger partial charge in [0.15, 0.2) is 0 Å². The first kappa shape index (κ1) is 23.2. The first-order chi connectivity index (χ1) is 12.1. The summed E-state index contributed by atoms with van der Waals surface area (Å²) in [5.41, 5.74) is 5.14. The van der Waals surface area contributed by atoms with Gasteiger partial charge in [0.1, 0.15) is 12.4 Å². The smallest absolute Gasteiger partial charge is 0.341 e. The number of nitrogens with two attached hydrogens (primary N) is 1. The van der Waals surface area contributed by atoms with E-state index in [2.05, 4.69) is 0 Å². The van der Waals surface area contributed by atoms with E-state index in [1.165, 1.54) is 24.0 Å². The number of nitrogens with zero attached hydrogens (tertiary/aromatic N) is 2. The van der Waals surface area contributed by atoms with E-state index in [4.69, 9.17) is 5.73 Å². The van der Waals surface area contributed by atoms with Crippen LogP contribution in [0.1, 0.15) is 30.1 Å². The van der Waals surface area contributed by atoms with E-state index >= 15 is 0 Å². The van der Waals surface area contributed by atoms with E-state index in [-0.39, 0.29) is 44.2 Å². The van der Waals surface area contributed by atoms with Gasteiger partial charge in [0.25, 0.3) is 5.91 Å². The molecule has 1 saturated heterocycles. The third-order valence-electron chi connectivity index (χ3n) is 4.32. The second-order valence-corrected chi connectivity index (χ2v) is 6.37. The molecule has 1 aliphatic heterocycles. The molecule has 0 spiro atoms. The van der Waals surface area contributed by atoms with Gasteiger partial charge >= 0.3 is 6.18 Å². The van der Waals surface area contributed by atoms with E-state index in [9.17, 15) is 27.2 Å². The number of carbonyl (C=O) groups excluding carboxylic acids is 2. The van der Waals surface area contributed by atoms with Crippen molar-refractivity contribution in [2.75, 3.05) is 19.6 Å². The average molecular weight is 412 g/mol. The third kappa shape index (κ3) is 6.07. The van der Waals surface area contributed by atoms with E-state index in [0.29, 0.717) is 4.90 Å². The average Bonchev–Trinajstić information content (AvgIpc) is 2.58. The summed E-state index contributed by atoms with van der Waals surface area (Å²) in [7, 11) is 0. The Morgan fingerprint density at radius 1 is 1.26 bits per heavy atom. The monoisotopic (exact) mass is 411 g/mol. The Kier molecular flexibility index (Phi) is 8.04. The number of hydrogen-bond donors (Lipinski definition) is 1. The number of alkyl halides is 3. The van der Waals surface area contributed by atoms with Crippen LogP contribution in [0.2, 0.25) is 0 Å². The highest BCUT2D eigenvalue weighted by molar-refractivity contribution is 5.94. The zero-order chi connectivity index (χ0) is 19.5. The van der Waals surface area contributed by atoms with Gasteiger partial charge in [-0.05, 0) is 31.9 Å². The second kappa shape index (κ2) is 9.36. The van der Waals surface area contributed by atoms with Crippen LogP contribution in [0.4, 0.5) is 17.6 Å². The minimum atomic E-state index is -4.61. The van der Waals surface area contributed by atoms with Gasteiger partial charge in [-0.25, -0.2) is 4.39 Å². The number of amides is 2. The summed E-state index contributed by atoms with van der Waals surface area (Å²) in [6.45, 7) is 0.464. The highest BCUT2D eigenvalue weighted by Gasteiger charge is 2.39. The van der Waals surface area contributed by atoms with Crippen LogP contribution in [-0.4, -0.2) is 59.5 Å². The van der Waals surface area contributed by atoms with Crippen molar-refractivity contribution in [3.8, 4) is 0 Å². The zero-order valence-corrected chi connectivity index (χ0v) is 15.5. The molecule has 5 nitrogen and oxygen atoms in total. The number of likely N-dealkylation sites (tertiary alicyclic amines) is 1. The Bertz CT molecular complexity index is 662. The maximum atomic E-state index is 13.9. The quantitative estimate of drug-likeness (QED) is 0.774.